The highest BCUT2D eigenvalue weighted by Gasteiger charge is 2.48. The van der Waals surface area contributed by atoms with Crippen molar-refractivity contribution < 1.29 is 37.7 Å². The summed E-state index contributed by atoms with van der Waals surface area (Å²) in [5.41, 5.74) is -0.828. The molecule has 1 aliphatic carbocycles. The molecule has 1 heterocycles. The number of hydrogen-bond acceptors (Lipinski definition) is 5. The fraction of sp³-hybridized carbons (Fsp3) is 0.500. The Morgan fingerprint density at radius 3 is 2.88 bits per heavy atom. The summed E-state index contributed by atoms with van der Waals surface area (Å²) in [6.07, 6.45) is -2.85. The Balaban J connectivity index is 1.55. The predicted molar refractivity (Wildman–Crippen MR) is 84.2 cm³/mol. The minimum Gasteiger partial charge on any atom is -0.491 e. The van der Waals surface area contributed by atoms with Crippen molar-refractivity contribution in [3.05, 3.63) is 42.0 Å². The standard InChI is InChI=1S/C18H19F3O5/c19-18(20,21)10-2-1-3-12(6-10)25-9-11(22)4-5-13-14-7-17(24)26-16(14)8-15(13)23/h1-6,11,13-16,22-23H,7-9H2/t11-,13-,14-,15-,16+/m1/s1. The van der Waals surface area contributed by atoms with E-state index in [4.69, 9.17) is 9.47 Å². The maximum absolute atomic E-state index is 12.7. The summed E-state index contributed by atoms with van der Waals surface area (Å²) in [6, 6.07) is 4.40. The molecule has 1 saturated carbocycles. The van der Waals surface area contributed by atoms with Crippen LogP contribution in [-0.2, 0) is 15.7 Å². The summed E-state index contributed by atoms with van der Waals surface area (Å²) < 4.78 is 48.3. The van der Waals surface area contributed by atoms with E-state index < -0.39 is 23.9 Å². The third-order valence-corrected chi connectivity index (χ3v) is 4.71. The maximum Gasteiger partial charge on any atom is 0.416 e. The second-order valence-corrected chi connectivity index (χ2v) is 6.57. The van der Waals surface area contributed by atoms with Gasteiger partial charge in [-0.3, -0.25) is 4.79 Å². The maximum atomic E-state index is 12.7. The third-order valence-electron chi connectivity index (χ3n) is 4.71. The molecule has 5 nitrogen and oxygen atoms in total. The first-order chi connectivity index (χ1) is 12.2. The van der Waals surface area contributed by atoms with Crippen LogP contribution in [0.3, 0.4) is 0 Å². The monoisotopic (exact) mass is 372 g/mol. The van der Waals surface area contributed by atoms with Gasteiger partial charge in [0.1, 0.15) is 24.6 Å². The predicted octanol–water partition coefficient (Wildman–Crippen LogP) is 2.31. The lowest BCUT2D eigenvalue weighted by Gasteiger charge is -2.16. The lowest BCUT2D eigenvalue weighted by Crippen LogP contribution is -2.20. The van der Waals surface area contributed by atoms with Crippen molar-refractivity contribution in [2.24, 2.45) is 11.8 Å². The van der Waals surface area contributed by atoms with Gasteiger partial charge >= 0.3 is 12.1 Å². The van der Waals surface area contributed by atoms with Gasteiger partial charge in [-0.05, 0) is 18.2 Å². The first-order valence-corrected chi connectivity index (χ1v) is 8.28. The number of carbonyl (C=O) groups excluding carboxylic acids is 1. The summed E-state index contributed by atoms with van der Waals surface area (Å²) in [6.45, 7) is -0.232. The minimum atomic E-state index is -4.46. The van der Waals surface area contributed by atoms with Crippen LogP contribution in [-0.4, -0.2) is 41.1 Å². The number of esters is 1. The molecule has 1 aromatic carbocycles. The number of benzene rings is 1. The zero-order chi connectivity index (χ0) is 18.9. The average Bonchev–Trinajstić information content (AvgIpc) is 3.05. The Bertz CT molecular complexity index is 688. The number of ether oxygens (including phenoxy) is 2. The second-order valence-electron chi connectivity index (χ2n) is 6.57. The van der Waals surface area contributed by atoms with E-state index in [-0.39, 0.29) is 42.7 Å². The van der Waals surface area contributed by atoms with E-state index in [0.717, 1.165) is 12.1 Å². The number of fused-ring (bicyclic) bond motifs is 1. The van der Waals surface area contributed by atoms with Gasteiger partial charge in [0.15, 0.2) is 0 Å². The number of rotatable bonds is 5. The van der Waals surface area contributed by atoms with Crippen molar-refractivity contribution in [2.75, 3.05) is 6.61 Å². The third kappa shape index (κ3) is 4.19. The Labute approximate surface area is 148 Å². The molecule has 26 heavy (non-hydrogen) atoms. The van der Waals surface area contributed by atoms with Gasteiger partial charge in [0.25, 0.3) is 0 Å². The van der Waals surface area contributed by atoms with Crippen LogP contribution in [0.1, 0.15) is 18.4 Å². The van der Waals surface area contributed by atoms with E-state index in [0.29, 0.717) is 6.42 Å². The van der Waals surface area contributed by atoms with Gasteiger partial charge in [0.05, 0.1) is 18.1 Å². The highest BCUT2D eigenvalue weighted by atomic mass is 19.4. The first-order valence-electron chi connectivity index (χ1n) is 8.28. The summed E-state index contributed by atoms with van der Waals surface area (Å²) in [5.74, 6) is -0.721. The Kier molecular flexibility index (Phi) is 5.24. The molecule has 0 unspecified atom stereocenters. The number of alkyl halides is 3. The van der Waals surface area contributed by atoms with Crippen LogP contribution in [0.5, 0.6) is 5.75 Å². The van der Waals surface area contributed by atoms with Gasteiger partial charge in [0.2, 0.25) is 0 Å². The fourth-order valence-electron chi connectivity index (χ4n) is 3.44. The molecule has 2 N–H and O–H groups in total. The Morgan fingerprint density at radius 1 is 1.38 bits per heavy atom. The van der Waals surface area contributed by atoms with Gasteiger partial charge in [0, 0.05) is 18.3 Å². The molecule has 0 radical (unpaired) electrons. The van der Waals surface area contributed by atoms with Gasteiger partial charge in [-0.2, -0.15) is 13.2 Å². The van der Waals surface area contributed by atoms with Crippen molar-refractivity contribution in [1.82, 2.24) is 0 Å². The van der Waals surface area contributed by atoms with E-state index in [9.17, 15) is 28.2 Å². The van der Waals surface area contributed by atoms with Crippen LogP contribution in [0.2, 0.25) is 0 Å². The van der Waals surface area contributed by atoms with Crippen molar-refractivity contribution in [3.63, 3.8) is 0 Å². The molecule has 3 rings (SSSR count). The van der Waals surface area contributed by atoms with Crippen LogP contribution in [0.25, 0.3) is 0 Å². The summed E-state index contributed by atoms with van der Waals surface area (Å²) in [7, 11) is 0. The average molecular weight is 372 g/mol. The van der Waals surface area contributed by atoms with E-state index in [1.54, 1.807) is 6.08 Å². The minimum absolute atomic E-state index is 0.00281. The molecule has 2 aliphatic rings. The van der Waals surface area contributed by atoms with Gasteiger partial charge in [-0.15, -0.1) is 0 Å². The molecule has 0 spiro atoms. The Morgan fingerprint density at radius 2 is 2.15 bits per heavy atom. The Hall–Kier alpha value is -2.06. The zero-order valence-corrected chi connectivity index (χ0v) is 13.7. The highest BCUT2D eigenvalue weighted by molar-refractivity contribution is 5.72. The molecule has 142 valence electrons. The molecule has 5 atom stereocenters. The SMILES string of the molecule is O=C1C[C@@H]2[C@@H](C=C[C@@H](O)COc3cccc(C(F)(F)F)c3)[C@H](O)C[C@@H]2O1. The first kappa shape index (κ1) is 18.7. The van der Waals surface area contributed by atoms with E-state index in [1.165, 1.54) is 18.2 Å². The van der Waals surface area contributed by atoms with Crippen molar-refractivity contribution in [2.45, 2.75) is 37.3 Å². The van der Waals surface area contributed by atoms with E-state index >= 15 is 0 Å². The molecule has 1 saturated heterocycles. The van der Waals surface area contributed by atoms with Crippen LogP contribution in [0.15, 0.2) is 36.4 Å². The molecule has 2 fully saturated rings. The number of carbonyl (C=O) groups is 1. The molecule has 1 aromatic rings. The molecule has 8 heteroatoms. The van der Waals surface area contributed by atoms with Crippen LogP contribution in [0.4, 0.5) is 13.2 Å². The van der Waals surface area contributed by atoms with Crippen molar-refractivity contribution in [1.29, 1.82) is 0 Å². The normalized spacial score (nSPS) is 29.7. The van der Waals surface area contributed by atoms with Crippen molar-refractivity contribution in [3.8, 4) is 5.75 Å². The molecule has 1 aliphatic heterocycles. The number of aliphatic hydroxyl groups is 2. The van der Waals surface area contributed by atoms with Crippen LogP contribution < -0.4 is 4.74 Å². The van der Waals surface area contributed by atoms with Crippen LogP contribution >= 0.6 is 0 Å². The topological polar surface area (TPSA) is 76.0 Å². The quantitative estimate of drug-likeness (QED) is 0.613. The molecular weight excluding hydrogens is 353 g/mol. The highest BCUT2D eigenvalue weighted by Crippen LogP contribution is 2.42. The second kappa shape index (κ2) is 7.28. The lowest BCUT2D eigenvalue weighted by molar-refractivity contribution is -0.142. The van der Waals surface area contributed by atoms with Crippen LogP contribution in [0, 0.1) is 11.8 Å². The summed E-state index contributed by atoms with van der Waals surface area (Å²) in [5, 5.41) is 20.0. The summed E-state index contributed by atoms with van der Waals surface area (Å²) in [4.78, 5) is 11.3. The molecular formula is C18H19F3O5. The van der Waals surface area contributed by atoms with Gasteiger partial charge in [-0.1, -0.05) is 18.2 Å². The number of halogens is 3. The largest absolute Gasteiger partial charge is 0.491 e. The van der Waals surface area contributed by atoms with E-state index in [2.05, 4.69) is 0 Å². The van der Waals surface area contributed by atoms with Gasteiger partial charge in [-0.25, -0.2) is 0 Å². The number of aliphatic hydroxyl groups excluding tert-OH is 2. The zero-order valence-electron chi connectivity index (χ0n) is 13.7. The molecule has 0 amide bonds. The smallest absolute Gasteiger partial charge is 0.416 e. The lowest BCUT2D eigenvalue weighted by atomic mass is 9.91. The summed E-state index contributed by atoms with van der Waals surface area (Å²) >= 11 is 0. The van der Waals surface area contributed by atoms with E-state index in [1.807, 2.05) is 0 Å². The fourth-order valence-corrected chi connectivity index (χ4v) is 3.44. The van der Waals surface area contributed by atoms with Gasteiger partial charge < -0.3 is 19.7 Å². The molecule has 0 bridgehead atoms. The number of hydrogen-bond donors (Lipinski definition) is 2. The van der Waals surface area contributed by atoms with Crippen molar-refractivity contribution >= 4 is 5.97 Å². The molecule has 0 aromatic heterocycles.